The molecular weight excluding hydrogens is 1750 g/mol. The number of rotatable bonds is 36. The molecule has 0 saturated carbocycles. The minimum absolute atomic E-state index is 0.00866. The van der Waals surface area contributed by atoms with Gasteiger partial charge in [-0.1, -0.05) is 130 Å². The number of aliphatic carboxylic acids is 1. The summed E-state index contributed by atoms with van der Waals surface area (Å²) in [7, 11) is 1.64. The number of unbranched alkanes of at least 4 members (excludes halogenated alkanes) is 4. The topological polar surface area (TPSA) is 763 Å². The van der Waals surface area contributed by atoms with Gasteiger partial charge in [0.05, 0.1) is 32.4 Å². The third kappa shape index (κ3) is 39.0. The number of carbonyl (C=O) groups excluding carboxylic acids is 16. The Bertz CT molecular complexity index is 4390. The van der Waals surface area contributed by atoms with Crippen molar-refractivity contribution in [1.82, 2.24) is 105 Å². The van der Waals surface area contributed by atoms with Gasteiger partial charge in [-0.2, -0.15) is 0 Å². The Morgan fingerprint density at radius 2 is 1.07 bits per heavy atom. The summed E-state index contributed by atoms with van der Waals surface area (Å²) in [5.74, 6) is -21.4. The number of aromatic hydroxyl groups is 1. The Kier molecular flexibility index (Phi) is 47.2. The first kappa shape index (κ1) is 108. The maximum absolute atomic E-state index is 15.5. The number of benzene rings is 2. The van der Waals surface area contributed by atoms with Gasteiger partial charge in [-0.3, -0.25) is 97.7 Å². The molecule has 3 aromatic rings. The van der Waals surface area contributed by atoms with Crippen LogP contribution in [0.2, 0.25) is 0 Å². The van der Waals surface area contributed by atoms with Crippen LogP contribution in [0.1, 0.15) is 154 Å². The van der Waals surface area contributed by atoms with Crippen LogP contribution in [-0.2, 0) is 101 Å². The molecule has 722 valence electrons. The van der Waals surface area contributed by atoms with E-state index in [0.29, 0.717) is 36.1 Å². The standard InChI is InChI=1S/C82H127N27O20S2/c1-6-9-11-15-25-62(112)98-59-41-130-131-42-60(76(126)104-56(34-47-26-28-49(111)29-27-47)79(129)109-39-57(66(83)116)105-77(127)61(109)24-18-32-93-82(88)89)107-74(124)58(40-110)106-78(128)65(44(4)8-3)108-70(120)52(23-17-31-92-81(86)87)100-73(123)55(36-64(114)115)103-69(119)51(21-10-7-2)99-68(118)50(22-16-30-91-80(84)85)97-63(113)38-94-67(117)45(5)96-71(121)53(33-46-19-13-12-14-20-46)101-72(122)54(102-75(59)125)35-48-37-90-43-95-48/h12-14,19-20,26-29,37,43-45,50-61,65,110-111H,6-11,15-18,21-25,30-36,38-42H2,1-5H3,(H2,83,116)(H,90,95)(H,94,117)(H,96,121)(H,97,113)(H,98,112)(H,99,118)(H,100,123)(H,101,122)(H,102,125)(H,103,119)(H,104,126)(H,105,127)(H,106,128)(H,107,124)(H,108,120)(H,114,115)(H4,84,85,91)(H4,86,87,92)(H4,88,89,93)/t44-,45+,50-,51+,52-,53-,54-,55-,56-,57+,58-,59-,60-,61-,65-/m0/s1. The number of aliphatic hydroxyl groups excluding tert-OH is 1. The number of hydrogen-bond acceptors (Lipinski definition) is 25. The number of aromatic amines is 1. The highest BCUT2D eigenvalue weighted by atomic mass is 33.1. The summed E-state index contributed by atoms with van der Waals surface area (Å²) in [6, 6.07) is -9.43. The Hall–Kier alpha value is -13.1. The summed E-state index contributed by atoms with van der Waals surface area (Å²) >= 11 is 0. The van der Waals surface area contributed by atoms with E-state index in [-0.39, 0.29) is 102 Å². The predicted octanol–water partition coefficient (Wildman–Crippen LogP) is -5.86. The minimum Gasteiger partial charge on any atom is -0.508 e. The van der Waals surface area contributed by atoms with E-state index in [1.165, 1.54) is 50.6 Å². The summed E-state index contributed by atoms with van der Waals surface area (Å²) in [6.45, 7) is 5.44. The number of carboxylic acids is 1. The zero-order chi connectivity index (χ0) is 96.8. The molecule has 0 unspecified atom stereocenters. The summed E-state index contributed by atoms with van der Waals surface area (Å²) in [6.07, 6.45) is 3.07. The molecule has 0 aliphatic carbocycles. The van der Waals surface area contributed by atoms with Crippen molar-refractivity contribution >= 4 is 140 Å². The number of H-pyrrole nitrogens is 1. The zero-order valence-electron chi connectivity index (χ0n) is 73.9. The number of carbonyl (C=O) groups is 17. The first-order valence-corrected chi connectivity index (χ1v) is 45.7. The monoisotopic (exact) mass is 1870 g/mol. The highest BCUT2D eigenvalue weighted by molar-refractivity contribution is 8.76. The van der Waals surface area contributed by atoms with E-state index in [4.69, 9.17) is 39.2 Å². The first-order chi connectivity index (χ1) is 62.3. The fourth-order valence-electron chi connectivity index (χ4n) is 13.6. The Morgan fingerprint density at radius 3 is 1.64 bits per heavy atom. The number of phenolic OH excluding ortho intramolecular Hbond substituents is 1. The molecule has 2 aliphatic rings. The van der Waals surface area contributed by atoms with Crippen molar-refractivity contribution in [2.45, 2.75) is 241 Å². The number of carboxylic acid groups (broad SMARTS) is 1. The minimum atomic E-state index is -2.03. The SMILES string of the molecule is CCCCCCC(=O)N[C@H]1CSSC[C@@H](C(=O)N[C@@H](Cc2ccc(O)cc2)C(=O)N2C[C@H](C(N)=O)NC(=O)[C@@H]2CCCNC(=N)N)NC(=O)[C@H](CO)NC(=O)[C@H]([C@@H](C)CC)NC(=O)[C@H](CCCNC(=N)N)NC(=O)[C@H](CC(=O)O)NC(=O)[C@@H](CCCC)NC(=O)[C@H](CCCNC(=N)N)NC(=O)CNC(=O)[C@@H](C)NC(=O)[C@H](Cc2ccccc2)NC(=O)[C@H](Cc2cnc[nH]2)NC1=O. The number of imidazole rings is 1. The van der Waals surface area contributed by atoms with Crippen LogP contribution < -0.4 is 113 Å². The van der Waals surface area contributed by atoms with Gasteiger partial charge in [0, 0.05) is 68.7 Å². The second-order valence-corrected chi connectivity index (χ2v) is 34.2. The van der Waals surface area contributed by atoms with Crippen LogP contribution in [0.25, 0.3) is 0 Å². The summed E-state index contributed by atoms with van der Waals surface area (Å²) in [5.41, 5.74) is 23.4. The van der Waals surface area contributed by atoms with Crippen molar-refractivity contribution in [3.8, 4) is 5.75 Å². The van der Waals surface area contributed by atoms with Gasteiger partial charge in [0.2, 0.25) is 94.5 Å². The third-order valence-electron chi connectivity index (χ3n) is 21.1. The molecule has 0 bridgehead atoms. The fraction of sp³-hybridized carbons (Fsp3) is 0.573. The van der Waals surface area contributed by atoms with Gasteiger partial charge in [0.1, 0.15) is 90.3 Å². The molecule has 16 amide bonds. The number of hydrogen-bond donors (Lipinski definition) is 28. The lowest BCUT2D eigenvalue weighted by molar-refractivity contribution is -0.149. The van der Waals surface area contributed by atoms with Crippen molar-refractivity contribution in [1.29, 1.82) is 16.2 Å². The molecule has 2 aromatic carbocycles. The number of nitrogens with one attached hydrogen (secondary N) is 21. The van der Waals surface area contributed by atoms with E-state index in [2.05, 4.69) is 100 Å². The van der Waals surface area contributed by atoms with Gasteiger partial charge in [-0.05, 0) is 87.5 Å². The maximum Gasteiger partial charge on any atom is 0.305 e. The fourth-order valence-corrected chi connectivity index (χ4v) is 16.0. The molecule has 49 heteroatoms. The molecular formula is C82H127N27O20S2. The van der Waals surface area contributed by atoms with Crippen molar-refractivity contribution in [3.63, 3.8) is 0 Å². The molecule has 0 spiro atoms. The Morgan fingerprint density at radius 1 is 0.550 bits per heavy atom. The van der Waals surface area contributed by atoms with Crippen LogP contribution in [0.4, 0.5) is 0 Å². The number of guanidine groups is 3. The van der Waals surface area contributed by atoms with Gasteiger partial charge in [0.25, 0.3) is 0 Å². The molecule has 131 heavy (non-hydrogen) atoms. The Balaban J connectivity index is 1.70. The van der Waals surface area contributed by atoms with Crippen molar-refractivity contribution in [3.05, 3.63) is 83.9 Å². The molecule has 15 atom stereocenters. The first-order valence-electron chi connectivity index (χ1n) is 43.3. The van der Waals surface area contributed by atoms with Gasteiger partial charge in [-0.25, -0.2) is 4.98 Å². The lowest BCUT2D eigenvalue weighted by Crippen LogP contribution is -2.67. The lowest BCUT2D eigenvalue weighted by Gasteiger charge is -2.40. The van der Waals surface area contributed by atoms with Crippen molar-refractivity contribution < 1.29 is 96.8 Å². The quantitative estimate of drug-likeness (QED) is 0.0112. The van der Waals surface area contributed by atoms with E-state index >= 15 is 24.0 Å². The van der Waals surface area contributed by atoms with Gasteiger partial charge >= 0.3 is 5.97 Å². The summed E-state index contributed by atoms with van der Waals surface area (Å²) in [4.78, 5) is 253. The van der Waals surface area contributed by atoms with E-state index in [9.17, 15) is 72.9 Å². The molecule has 5 rings (SSSR count). The number of amides is 16. The lowest BCUT2D eigenvalue weighted by atomic mass is 9.97. The van der Waals surface area contributed by atoms with Crippen LogP contribution >= 0.6 is 21.6 Å². The summed E-state index contributed by atoms with van der Waals surface area (Å²) < 4.78 is 0. The average Bonchev–Trinajstić information content (AvgIpc) is 0.979. The molecule has 2 saturated heterocycles. The summed E-state index contributed by atoms with van der Waals surface area (Å²) in [5, 5.41) is 98.1. The van der Waals surface area contributed by atoms with Gasteiger partial charge in [-0.15, -0.1) is 0 Å². The highest BCUT2D eigenvalue weighted by Crippen LogP contribution is 2.26. The van der Waals surface area contributed by atoms with Crippen LogP contribution in [0.3, 0.4) is 0 Å². The number of aromatic nitrogens is 2. The van der Waals surface area contributed by atoms with E-state index in [0.717, 1.165) is 39.3 Å². The van der Waals surface area contributed by atoms with E-state index in [1.807, 2.05) is 6.92 Å². The second kappa shape index (κ2) is 57.1. The Labute approximate surface area is 765 Å². The molecule has 0 radical (unpaired) electrons. The third-order valence-corrected chi connectivity index (χ3v) is 23.5. The predicted molar refractivity (Wildman–Crippen MR) is 482 cm³/mol. The largest absolute Gasteiger partial charge is 0.508 e. The molecule has 3 heterocycles. The van der Waals surface area contributed by atoms with E-state index in [1.54, 1.807) is 44.2 Å². The van der Waals surface area contributed by atoms with Crippen LogP contribution in [0, 0.1) is 22.1 Å². The molecule has 2 fully saturated rings. The van der Waals surface area contributed by atoms with Crippen LogP contribution in [0.15, 0.2) is 67.1 Å². The van der Waals surface area contributed by atoms with Crippen LogP contribution in [0.5, 0.6) is 5.75 Å². The van der Waals surface area contributed by atoms with Gasteiger partial charge < -0.3 is 139 Å². The number of aliphatic hydroxyl groups is 1. The van der Waals surface area contributed by atoms with Gasteiger partial charge in [0.15, 0.2) is 17.9 Å². The highest BCUT2D eigenvalue weighted by Gasteiger charge is 2.44. The molecule has 1 aromatic heterocycles. The number of phenols is 1. The van der Waals surface area contributed by atoms with E-state index < -0.39 is 253 Å². The smallest absolute Gasteiger partial charge is 0.305 e. The molecule has 47 nitrogen and oxygen atoms in total. The van der Waals surface area contributed by atoms with Crippen molar-refractivity contribution in [2.75, 3.05) is 50.8 Å². The molecule has 2 aliphatic heterocycles. The molecule has 32 N–H and O–H groups in total. The van der Waals surface area contributed by atoms with Crippen molar-refractivity contribution in [2.24, 2.45) is 28.9 Å². The second-order valence-electron chi connectivity index (χ2n) is 31.6. The average molecular weight is 1880 g/mol. The van der Waals surface area contributed by atoms with Crippen LogP contribution in [-0.4, -0.2) is 284 Å². The number of nitrogens with two attached hydrogens (primary N) is 4. The normalized spacial score (nSPS) is 23.1. The zero-order valence-corrected chi connectivity index (χ0v) is 75.5. The number of nitrogens with zero attached hydrogens (tertiary/aromatic N) is 2. The number of primary amides is 1. The number of piperazine rings is 1. The maximum atomic E-state index is 15.5.